The number of sulfonamides is 1. The molecule has 3 aromatic carbocycles. The predicted molar refractivity (Wildman–Crippen MR) is 115 cm³/mol. The fraction of sp³-hybridized carbons (Fsp3) is 0.250. The van der Waals surface area contributed by atoms with Crippen LogP contribution in [0.1, 0.15) is 39.3 Å². The van der Waals surface area contributed by atoms with E-state index in [2.05, 4.69) is 4.72 Å². The van der Waals surface area contributed by atoms with Crippen LogP contribution in [0.2, 0.25) is 0 Å². The molecule has 3 rings (SSSR count). The summed E-state index contributed by atoms with van der Waals surface area (Å²) in [5, 5.41) is 0. The van der Waals surface area contributed by atoms with Gasteiger partial charge in [-0.3, -0.25) is 0 Å². The van der Waals surface area contributed by atoms with Crippen LogP contribution in [0.15, 0.2) is 71.6 Å². The first-order chi connectivity index (χ1) is 13.3. The molecule has 0 saturated heterocycles. The molecule has 0 aliphatic carbocycles. The second-order valence-electron chi connectivity index (χ2n) is 7.32. The van der Waals surface area contributed by atoms with E-state index < -0.39 is 10.0 Å². The fourth-order valence-electron chi connectivity index (χ4n) is 3.65. The van der Waals surface area contributed by atoms with Crippen LogP contribution in [0.25, 0.3) is 0 Å². The van der Waals surface area contributed by atoms with Crippen LogP contribution in [-0.4, -0.2) is 15.0 Å². The Kier molecular flexibility index (Phi) is 6.01. The van der Waals surface area contributed by atoms with Gasteiger partial charge >= 0.3 is 0 Å². The van der Waals surface area contributed by atoms with Crippen molar-refractivity contribution in [3.63, 3.8) is 0 Å². The quantitative estimate of drug-likeness (QED) is 0.638. The predicted octanol–water partition coefficient (Wildman–Crippen LogP) is 5.03. The molecule has 0 amide bonds. The SMILES string of the molecule is Cc1cc(C)c(C)c(S(=O)(=O)NCC(c2ccccc2)c2ccccc2)c1C. The summed E-state index contributed by atoms with van der Waals surface area (Å²) in [6.45, 7) is 7.97. The van der Waals surface area contributed by atoms with Crippen molar-refractivity contribution < 1.29 is 8.42 Å². The minimum atomic E-state index is -3.63. The van der Waals surface area contributed by atoms with Gasteiger partial charge in [-0.15, -0.1) is 0 Å². The van der Waals surface area contributed by atoms with Crippen molar-refractivity contribution in [2.45, 2.75) is 38.5 Å². The normalized spacial score (nSPS) is 11.8. The van der Waals surface area contributed by atoms with E-state index in [-0.39, 0.29) is 5.92 Å². The second kappa shape index (κ2) is 8.29. The molecule has 28 heavy (non-hydrogen) atoms. The molecule has 0 bridgehead atoms. The van der Waals surface area contributed by atoms with Gasteiger partial charge < -0.3 is 0 Å². The lowest BCUT2D eigenvalue weighted by Crippen LogP contribution is -2.30. The molecule has 0 aliphatic heterocycles. The number of rotatable bonds is 6. The van der Waals surface area contributed by atoms with Gasteiger partial charge in [0.2, 0.25) is 10.0 Å². The molecule has 0 aromatic heterocycles. The topological polar surface area (TPSA) is 46.2 Å². The third kappa shape index (κ3) is 4.18. The van der Waals surface area contributed by atoms with Crippen molar-refractivity contribution in [1.29, 1.82) is 0 Å². The summed E-state index contributed by atoms with van der Waals surface area (Å²) in [6, 6.07) is 22.1. The molecule has 0 unspecified atom stereocenters. The molecule has 146 valence electrons. The van der Waals surface area contributed by atoms with Crippen LogP contribution in [-0.2, 0) is 10.0 Å². The molecule has 0 radical (unpaired) electrons. The largest absolute Gasteiger partial charge is 0.241 e. The number of hydrogen-bond donors (Lipinski definition) is 1. The number of hydrogen-bond acceptors (Lipinski definition) is 2. The van der Waals surface area contributed by atoms with Crippen LogP contribution in [0.5, 0.6) is 0 Å². The van der Waals surface area contributed by atoms with Gasteiger partial charge in [0.05, 0.1) is 4.90 Å². The molecule has 1 N–H and O–H groups in total. The maximum atomic E-state index is 13.2. The monoisotopic (exact) mass is 393 g/mol. The van der Waals surface area contributed by atoms with Crippen molar-refractivity contribution in [3.8, 4) is 0 Å². The van der Waals surface area contributed by atoms with Gasteiger partial charge in [-0.2, -0.15) is 0 Å². The third-order valence-electron chi connectivity index (χ3n) is 5.45. The Morgan fingerprint density at radius 3 is 1.61 bits per heavy atom. The highest BCUT2D eigenvalue weighted by Crippen LogP contribution is 2.28. The van der Waals surface area contributed by atoms with E-state index in [0.29, 0.717) is 11.4 Å². The minimum Gasteiger partial charge on any atom is -0.210 e. The summed E-state index contributed by atoms with van der Waals surface area (Å²) in [6.07, 6.45) is 0. The minimum absolute atomic E-state index is 0.0521. The van der Waals surface area contributed by atoms with E-state index in [1.165, 1.54) is 0 Å². The zero-order valence-corrected chi connectivity index (χ0v) is 17.7. The van der Waals surface area contributed by atoms with Crippen LogP contribution >= 0.6 is 0 Å². The maximum absolute atomic E-state index is 13.2. The molecule has 0 aliphatic rings. The molecular weight excluding hydrogens is 366 g/mol. The molecule has 0 fully saturated rings. The van der Waals surface area contributed by atoms with Gasteiger partial charge in [-0.05, 0) is 61.1 Å². The zero-order chi connectivity index (χ0) is 20.3. The fourth-order valence-corrected chi connectivity index (χ4v) is 5.31. The van der Waals surface area contributed by atoms with Gasteiger partial charge in [-0.1, -0.05) is 66.7 Å². The first kappa shape index (κ1) is 20.3. The number of aryl methyl sites for hydroxylation is 2. The average molecular weight is 394 g/mol. The Labute approximate surface area is 168 Å². The van der Waals surface area contributed by atoms with E-state index in [9.17, 15) is 8.42 Å². The van der Waals surface area contributed by atoms with Crippen molar-refractivity contribution in [2.24, 2.45) is 0 Å². The van der Waals surface area contributed by atoms with Gasteiger partial charge in [0, 0.05) is 12.5 Å². The van der Waals surface area contributed by atoms with Crippen molar-refractivity contribution in [1.82, 2.24) is 4.72 Å². The van der Waals surface area contributed by atoms with Crippen LogP contribution in [0, 0.1) is 27.7 Å². The lowest BCUT2D eigenvalue weighted by Gasteiger charge is -2.21. The van der Waals surface area contributed by atoms with Gasteiger partial charge in [0.25, 0.3) is 0 Å². The number of benzene rings is 3. The van der Waals surface area contributed by atoms with E-state index >= 15 is 0 Å². The zero-order valence-electron chi connectivity index (χ0n) is 16.9. The van der Waals surface area contributed by atoms with Crippen LogP contribution in [0.4, 0.5) is 0 Å². The summed E-state index contributed by atoms with van der Waals surface area (Å²) in [7, 11) is -3.63. The van der Waals surface area contributed by atoms with E-state index in [0.717, 1.165) is 33.4 Å². The molecule has 0 atom stereocenters. The van der Waals surface area contributed by atoms with Gasteiger partial charge in [-0.25, -0.2) is 13.1 Å². The Morgan fingerprint density at radius 1 is 0.750 bits per heavy atom. The van der Waals surface area contributed by atoms with Crippen molar-refractivity contribution in [2.75, 3.05) is 6.54 Å². The lowest BCUT2D eigenvalue weighted by molar-refractivity contribution is 0.576. The Hall–Kier alpha value is -2.43. The average Bonchev–Trinajstić information content (AvgIpc) is 2.68. The molecule has 3 nitrogen and oxygen atoms in total. The summed E-state index contributed by atoms with van der Waals surface area (Å²) in [5.41, 5.74) is 5.78. The molecule has 4 heteroatoms. The Bertz CT molecular complexity index is 993. The summed E-state index contributed by atoms with van der Waals surface area (Å²) in [4.78, 5) is 0.407. The second-order valence-corrected chi connectivity index (χ2v) is 9.02. The standard InChI is InChI=1S/C24H27NO2S/c1-17-15-18(2)20(4)24(19(17)3)28(26,27)25-16-23(21-11-7-5-8-12-21)22-13-9-6-10-14-22/h5-15,23,25H,16H2,1-4H3. The smallest absolute Gasteiger partial charge is 0.210 e. The first-order valence-corrected chi connectivity index (χ1v) is 11.0. The molecular formula is C24H27NO2S. The van der Waals surface area contributed by atoms with E-state index in [1.807, 2.05) is 94.4 Å². The highest BCUT2D eigenvalue weighted by molar-refractivity contribution is 7.89. The van der Waals surface area contributed by atoms with Crippen LogP contribution < -0.4 is 4.72 Å². The summed E-state index contributed by atoms with van der Waals surface area (Å²) in [5.74, 6) is -0.0521. The van der Waals surface area contributed by atoms with E-state index in [4.69, 9.17) is 0 Å². The number of nitrogens with one attached hydrogen (secondary N) is 1. The van der Waals surface area contributed by atoms with Gasteiger partial charge in [0.15, 0.2) is 0 Å². The lowest BCUT2D eigenvalue weighted by atomic mass is 9.92. The Balaban J connectivity index is 1.96. The Morgan fingerprint density at radius 2 is 1.18 bits per heavy atom. The summed E-state index contributed by atoms with van der Waals surface area (Å²) < 4.78 is 29.3. The third-order valence-corrected chi connectivity index (χ3v) is 7.14. The van der Waals surface area contributed by atoms with Crippen molar-refractivity contribution in [3.05, 3.63) is 100 Å². The van der Waals surface area contributed by atoms with Crippen LogP contribution in [0.3, 0.4) is 0 Å². The maximum Gasteiger partial charge on any atom is 0.241 e. The summed E-state index contributed by atoms with van der Waals surface area (Å²) >= 11 is 0. The molecule has 0 heterocycles. The van der Waals surface area contributed by atoms with Crippen molar-refractivity contribution >= 4 is 10.0 Å². The van der Waals surface area contributed by atoms with E-state index in [1.54, 1.807) is 0 Å². The highest BCUT2D eigenvalue weighted by atomic mass is 32.2. The molecule has 0 saturated carbocycles. The molecule has 3 aromatic rings. The highest BCUT2D eigenvalue weighted by Gasteiger charge is 2.24. The first-order valence-electron chi connectivity index (χ1n) is 9.48. The molecule has 0 spiro atoms. The van der Waals surface area contributed by atoms with Gasteiger partial charge in [0.1, 0.15) is 0 Å².